The quantitative estimate of drug-likeness (QED) is 0.828. The first-order chi connectivity index (χ1) is 12.0. The Morgan fingerprint density at radius 1 is 1.32 bits per heavy atom. The molecule has 1 unspecified atom stereocenters. The third-order valence-electron chi connectivity index (χ3n) is 4.15. The molecule has 6 nitrogen and oxygen atoms in total. The van der Waals surface area contributed by atoms with Crippen LogP contribution in [0.3, 0.4) is 0 Å². The minimum atomic E-state index is -3.67. The summed E-state index contributed by atoms with van der Waals surface area (Å²) in [7, 11) is -3.67. The van der Waals surface area contributed by atoms with E-state index in [-0.39, 0.29) is 23.4 Å². The highest BCUT2D eigenvalue weighted by molar-refractivity contribution is 7.89. The Morgan fingerprint density at radius 3 is 2.88 bits per heavy atom. The first-order valence-corrected chi connectivity index (χ1v) is 10.5. The van der Waals surface area contributed by atoms with Gasteiger partial charge in [-0.25, -0.2) is 13.1 Å². The summed E-state index contributed by atoms with van der Waals surface area (Å²) in [5.41, 5.74) is 6.30. The van der Waals surface area contributed by atoms with Crippen molar-refractivity contribution in [1.29, 1.82) is 0 Å². The molecule has 1 aliphatic rings. The van der Waals surface area contributed by atoms with Gasteiger partial charge < -0.3 is 10.6 Å². The van der Waals surface area contributed by atoms with E-state index >= 15 is 0 Å². The molecule has 0 radical (unpaired) electrons. The molecule has 3 rings (SSSR count). The Morgan fingerprint density at radius 2 is 2.16 bits per heavy atom. The maximum absolute atomic E-state index is 12.6. The molecule has 134 valence electrons. The van der Waals surface area contributed by atoms with Crippen LogP contribution in [0.15, 0.2) is 46.7 Å². The number of nitrogens with zero attached hydrogens (tertiary/aromatic N) is 1. The minimum Gasteiger partial charge on any atom is -0.337 e. The lowest BCUT2D eigenvalue weighted by molar-refractivity contribution is 0.0708. The summed E-state index contributed by atoms with van der Waals surface area (Å²) in [4.78, 5) is 15.3. The average molecular weight is 380 g/mol. The van der Waals surface area contributed by atoms with Crippen molar-refractivity contribution >= 4 is 27.3 Å². The molecule has 2 heterocycles. The van der Waals surface area contributed by atoms with E-state index in [2.05, 4.69) is 4.72 Å². The highest BCUT2D eigenvalue weighted by Gasteiger charge is 2.23. The van der Waals surface area contributed by atoms with E-state index in [0.717, 1.165) is 17.7 Å². The van der Waals surface area contributed by atoms with Crippen LogP contribution in [0.5, 0.6) is 0 Å². The number of thiophene rings is 1. The van der Waals surface area contributed by atoms with Gasteiger partial charge in [0.25, 0.3) is 5.91 Å². The average Bonchev–Trinajstić information content (AvgIpc) is 3.13. The zero-order chi connectivity index (χ0) is 17.9. The van der Waals surface area contributed by atoms with Crippen LogP contribution < -0.4 is 10.5 Å². The molecule has 0 spiro atoms. The van der Waals surface area contributed by atoms with Crippen LogP contribution in [0.4, 0.5) is 0 Å². The number of likely N-dealkylation sites (tertiary alicyclic amines) is 1. The Labute approximate surface area is 151 Å². The number of hydrogen-bond acceptors (Lipinski definition) is 5. The predicted octanol–water partition coefficient (Wildman–Crippen LogP) is 1.79. The van der Waals surface area contributed by atoms with Gasteiger partial charge in [-0.1, -0.05) is 12.1 Å². The molecule has 0 bridgehead atoms. The summed E-state index contributed by atoms with van der Waals surface area (Å²) in [5.74, 6) is -0.176. The number of hydrogen-bond donors (Lipinski definition) is 2. The molecule has 1 amide bonds. The number of nitrogens with one attached hydrogen (secondary N) is 1. The molecule has 8 heteroatoms. The van der Waals surface area contributed by atoms with Gasteiger partial charge >= 0.3 is 0 Å². The van der Waals surface area contributed by atoms with Crippen LogP contribution in [0, 0.1) is 0 Å². The zero-order valence-corrected chi connectivity index (χ0v) is 15.4. The van der Waals surface area contributed by atoms with Gasteiger partial charge in [0, 0.05) is 36.1 Å². The molecule has 1 aromatic carbocycles. The summed E-state index contributed by atoms with van der Waals surface area (Å²) < 4.78 is 27.5. The van der Waals surface area contributed by atoms with Gasteiger partial charge in [0.2, 0.25) is 10.0 Å². The smallest absolute Gasteiger partial charge is 0.253 e. The predicted molar refractivity (Wildman–Crippen MR) is 97.9 cm³/mol. The van der Waals surface area contributed by atoms with Gasteiger partial charge in [-0.2, -0.15) is 0 Å². The second-order valence-electron chi connectivity index (χ2n) is 6.09. The lowest BCUT2D eigenvalue weighted by Crippen LogP contribution is -2.45. The Balaban J connectivity index is 1.75. The van der Waals surface area contributed by atoms with Gasteiger partial charge in [-0.05, 0) is 42.5 Å². The van der Waals surface area contributed by atoms with Gasteiger partial charge in [0.1, 0.15) is 0 Å². The highest BCUT2D eigenvalue weighted by Crippen LogP contribution is 2.17. The third kappa shape index (κ3) is 4.46. The molecule has 3 N–H and O–H groups in total. The molecule has 0 saturated carbocycles. The van der Waals surface area contributed by atoms with E-state index in [4.69, 9.17) is 5.73 Å². The van der Waals surface area contributed by atoms with Gasteiger partial charge in [0.05, 0.1) is 4.90 Å². The molecule has 1 aliphatic heterocycles. The second-order valence-corrected chi connectivity index (χ2v) is 8.88. The fraction of sp³-hybridized carbons (Fsp3) is 0.353. The Hall–Kier alpha value is -1.74. The van der Waals surface area contributed by atoms with Crippen molar-refractivity contribution in [2.45, 2.75) is 30.3 Å². The van der Waals surface area contributed by atoms with Crippen molar-refractivity contribution in [3.8, 4) is 0 Å². The molecular formula is C17H21N3O3S2. The number of sulfonamides is 1. The van der Waals surface area contributed by atoms with Crippen molar-refractivity contribution in [1.82, 2.24) is 9.62 Å². The Bertz CT molecular complexity index is 835. The summed E-state index contributed by atoms with van der Waals surface area (Å²) in [6, 6.07) is 9.88. The van der Waals surface area contributed by atoms with Crippen LogP contribution in [-0.4, -0.2) is 38.4 Å². The molecule has 1 atom stereocenters. The number of carbonyl (C=O) groups is 1. The van der Waals surface area contributed by atoms with Gasteiger partial charge in [0.15, 0.2) is 0 Å². The van der Waals surface area contributed by atoms with Gasteiger partial charge in [-0.15, -0.1) is 11.3 Å². The first kappa shape index (κ1) is 18.1. The lowest BCUT2D eigenvalue weighted by Gasteiger charge is -2.30. The van der Waals surface area contributed by atoms with Crippen molar-refractivity contribution in [2.24, 2.45) is 5.73 Å². The maximum atomic E-state index is 12.6. The van der Waals surface area contributed by atoms with Crippen LogP contribution in [-0.2, 0) is 16.6 Å². The SMILES string of the molecule is NC1CCCN(C(=O)c2cccc(S(=O)(=O)NCc3cccs3)c2)C1. The van der Waals surface area contributed by atoms with E-state index in [1.165, 1.54) is 23.5 Å². The number of rotatable bonds is 5. The number of amides is 1. The monoisotopic (exact) mass is 379 g/mol. The highest BCUT2D eigenvalue weighted by atomic mass is 32.2. The summed E-state index contributed by atoms with van der Waals surface area (Å²) in [5, 5.41) is 1.90. The summed E-state index contributed by atoms with van der Waals surface area (Å²) in [6.45, 7) is 1.39. The van der Waals surface area contributed by atoms with Crippen LogP contribution in [0.2, 0.25) is 0 Å². The van der Waals surface area contributed by atoms with E-state index < -0.39 is 10.0 Å². The number of carbonyl (C=O) groups excluding carboxylic acids is 1. The summed E-state index contributed by atoms with van der Waals surface area (Å²) in [6.07, 6.45) is 1.78. The van der Waals surface area contributed by atoms with Crippen LogP contribution in [0.1, 0.15) is 28.1 Å². The Kier molecular flexibility index (Phi) is 5.53. The molecular weight excluding hydrogens is 358 g/mol. The number of piperidine rings is 1. The van der Waals surface area contributed by atoms with Crippen LogP contribution >= 0.6 is 11.3 Å². The van der Waals surface area contributed by atoms with Gasteiger partial charge in [-0.3, -0.25) is 4.79 Å². The van der Waals surface area contributed by atoms with Crippen LogP contribution in [0.25, 0.3) is 0 Å². The van der Waals surface area contributed by atoms with Crippen molar-refractivity contribution in [3.63, 3.8) is 0 Å². The fourth-order valence-corrected chi connectivity index (χ4v) is 4.62. The second kappa shape index (κ2) is 7.65. The van der Waals surface area contributed by atoms with E-state index in [9.17, 15) is 13.2 Å². The number of benzene rings is 1. The summed E-state index contributed by atoms with van der Waals surface area (Å²) >= 11 is 1.49. The van der Waals surface area contributed by atoms with E-state index in [0.29, 0.717) is 18.7 Å². The molecule has 0 aliphatic carbocycles. The van der Waals surface area contributed by atoms with E-state index in [1.54, 1.807) is 17.0 Å². The van der Waals surface area contributed by atoms with E-state index in [1.807, 2.05) is 17.5 Å². The number of nitrogens with two attached hydrogens (primary N) is 1. The lowest BCUT2D eigenvalue weighted by atomic mass is 10.1. The van der Waals surface area contributed by atoms with Crippen molar-refractivity contribution in [2.75, 3.05) is 13.1 Å². The maximum Gasteiger partial charge on any atom is 0.253 e. The molecule has 25 heavy (non-hydrogen) atoms. The minimum absolute atomic E-state index is 0.0166. The fourth-order valence-electron chi connectivity index (χ4n) is 2.84. The molecule has 1 saturated heterocycles. The largest absolute Gasteiger partial charge is 0.337 e. The normalized spacial score (nSPS) is 18.3. The van der Waals surface area contributed by atoms with Crippen molar-refractivity contribution < 1.29 is 13.2 Å². The molecule has 1 aromatic heterocycles. The first-order valence-electron chi connectivity index (χ1n) is 8.13. The molecule has 2 aromatic rings. The third-order valence-corrected chi connectivity index (χ3v) is 6.43. The zero-order valence-electron chi connectivity index (χ0n) is 13.7. The topological polar surface area (TPSA) is 92.5 Å². The van der Waals surface area contributed by atoms with Crippen molar-refractivity contribution in [3.05, 3.63) is 52.2 Å². The standard InChI is InChI=1S/C17H21N3O3S2/c18-14-5-2-8-20(12-14)17(21)13-4-1-7-16(10-13)25(22,23)19-11-15-6-3-9-24-15/h1,3-4,6-7,9-10,14,19H,2,5,8,11-12,18H2. The molecule has 1 fully saturated rings.